The number of benzene rings is 4. The van der Waals surface area contributed by atoms with Crippen LogP contribution in [0.5, 0.6) is 0 Å². The van der Waals surface area contributed by atoms with E-state index in [0.717, 1.165) is 78.5 Å². The van der Waals surface area contributed by atoms with Crippen molar-refractivity contribution in [2.45, 2.75) is 26.2 Å². The summed E-state index contributed by atoms with van der Waals surface area (Å²) < 4.78 is 0. The quantitative estimate of drug-likeness (QED) is 0.171. The number of rotatable bonds is 8. The van der Waals surface area contributed by atoms with Gasteiger partial charge in [0.2, 0.25) is 0 Å². The fraction of sp³-hybridized carbons (Fsp3) is 0.333. The van der Waals surface area contributed by atoms with Gasteiger partial charge in [-0.15, -0.1) is 0 Å². The Morgan fingerprint density at radius 2 is 0.512 bits per heavy atom. The fourth-order valence-electron chi connectivity index (χ4n) is 5.58. The summed E-state index contributed by atoms with van der Waals surface area (Å²) in [5.74, 6) is 0. The largest absolute Gasteiger partial charge is 0.297 e. The predicted molar refractivity (Wildman–Crippen MR) is 185 cm³/mol. The minimum absolute atomic E-state index is 0.999. The number of nitrogens with zero attached hydrogens (tertiary/aromatic N) is 4. The standard InChI is InChI=1S/C36H44N4.2BrH.Ni/c1-5-13-33(14-6-1)29-37-21-23-38(30-34-15-7-2-8-16-34)25-27-40(32-36-19-11-4-12-20-36)28-26-39(24-22-37)31-35-17-9-3-10-18-35;;;/h1-20H,21-32H2;2*1H;/q;;;+2/p-2. The predicted octanol–water partition coefficient (Wildman–Crippen LogP) is 7.70. The molecule has 4 nitrogen and oxygen atoms in total. The van der Waals surface area contributed by atoms with Crippen molar-refractivity contribution in [1.29, 1.82) is 0 Å². The van der Waals surface area contributed by atoms with Crippen molar-refractivity contribution in [2.75, 3.05) is 52.4 Å². The van der Waals surface area contributed by atoms with Gasteiger partial charge in [0.05, 0.1) is 0 Å². The first-order valence-electron chi connectivity index (χ1n) is 15.1. The van der Waals surface area contributed by atoms with Crippen molar-refractivity contribution < 1.29 is 10.9 Å². The Morgan fingerprint density at radius 1 is 0.349 bits per heavy atom. The van der Waals surface area contributed by atoms with Crippen LogP contribution in [-0.4, -0.2) is 72.0 Å². The molecule has 1 aliphatic heterocycles. The maximum Gasteiger partial charge on any atom is 0.0234 e. The normalized spacial score (nSPS) is 16.5. The second-order valence-electron chi connectivity index (χ2n) is 11.1. The van der Waals surface area contributed by atoms with E-state index in [1.54, 1.807) is 0 Å². The first-order valence-corrected chi connectivity index (χ1v) is 20.0. The molecule has 0 radical (unpaired) electrons. The summed E-state index contributed by atoms with van der Waals surface area (Å²) in [6.45, 7) is 12.5. The minimum atomic E-state index is 0.999. The number of halogens is 2. The molecule has 0 spiro atoms. The molecule has 43 heavy (non-hydrogen) atoms. The molecule has 0 saturated carbocycles. The van der Waals surface area contributed by atoms with E-state index in [0.29, 0.717) is 0 Å². The van der Waals surface area contributed by atoms with Crippen molar-refractivity contribution in [1.82, 2.24) is 19.6 Å². The molecule has 4 aromatic rings. The number of hydrogen-bond acceptors (Lipinski definition) is 4. The second kappa shape index (κ2) is 20.3. The Balaban J connectivity index is 0.00000135. The Bertz CT molecular complexity index is 1040. The van der Waals surface area contributed by atoms with Gasteiger partial charge >= 0.3 is 39.3 Å². The molecule has 0 atom stereocenters. The SMILES string of the molecule is [Br][Ni][Br].c1ccc(CN2CCN(Cc3ccccc3)CCN(Cc3ccccc3)CCN(Cc3ccccc3)CC2)cc1. The summed E-state index contributed by atoms with van der Waals surface area (Å²) in [6.07, 6.45) is 0. The monoisotopic (exact) mass is 748 g/mol. The smallest absolute Gasteiger partial charge is 0.0234 e. The van der Waals surface area contributed by atoms with Gasteiger partial charge in [0.15, 0.2) is 0 Å². The van der Waals surface area contributed by atoms with Crippen LogP contribution >= 0.6 is 28.5 Å². The van der Waals surface area contributed by atoms with E-state index in [2.05, 4.69) is 169 Å². The van der Waals surface area contributed by atoms with Gasteiger partial charge in [-0.25, -0.2) is 0 Å². The molecule has 0 bridgehead atoms. The van der Waals surface area contributed by atoms with E-state index in [-0.39, 0.29) is 0 Å². The summed E-state index contributed by atoms with van der Waals surface area (Å²) in [5, 5.41) is 0. The van der Waals surface area contributed by atoms with Crippen LogP contribution in [-0.2, 0) is 37.1 Å². The van der Waals surface area contributed by atoms with Gasteiger partial charge in [-0.3, -0.25) is 19.6 Å². The average molecular weight is 751 g/mol. The van der Waals surface area contributed by atoms with E-state index in [1.807, 2.05) is 0 Å². The van der Waals surface area contributed by atoms with Crippen molar-refractivity contribution in [3.05, 3.63) is 144 Å². The minimum Gasteiger partial charge on any atom is -0.297 e. The maximum atomic E-state index is 3.00. The molecule has 0 aliphatic carbocycles. The van der Waals surface area contributed by atoms with Crippen LogP contribution < -0.4 is 0 Å². The van der Waals surface area contributed by atoms with Gasteiger partial charge in [0.1, 0.15) is 0 Å². The molecule has 7 heteroatoms. The molecule has 0 unspecified atom stereocenters. The van der Waals surface area contributed by atoms with Crippen molar-refractivity contribution in [3.63, 3.8) is 0 Å². The molecule has 5 rings (SSSR count). The summed E-state index contributed by atoms with van der Waals surface area (Å²) in [5.41, 5.74) is 5.58. The molecule has 0 aromatic heterocycles. The van der Waals surface area contributed by atoms with Crippen molar-refractivity contribution in [2.24, 2.45) is 0 Å². The zero-order valence-electron chi connectivity index (χ0n) is 24.9. The number of hydrogen-bond donors (Lipinski definition) is 0. The van der Waals surface area contributed by atoms with Gasteiger partial charge in [-0.2, -0.15) is 0 Å². The van der Waals surface area contributed by atoms with Crippen LogP contribution in [0.2, 0.25) is 0 Å². The van der Waals surface area contributed by atoms with Gasteiger partial charge in [-0.05, 0) is 22.3 Å². The Labute approximate surface area is 279 Å². The molecule has 1 fully saturated rings. The van der Waals surface area contributed by atoms with E-state index < -0.39 is 0 Å². The topological polar surface area (TPSA) is 13.0 Å². The molecule has 4 aromatic carbocycles. The Kier molecular flexibility index (Phi) is 16.0. The first-order chi connectivity index (χ1) is 21.2. The van der Waals surface area contributed by atoms with E-state index in [1.165, 1.54) is 33.2 Å². The summed E-state index contributed by atoms with van der Waals surface area (Å²) in [7, 11) is 1.25. The van der Waals surface area contributed by atoms with Gasteiger partial charge < -0.3 is 0 Å². The summed E-state index contributed by atoms with van der Waals surface area (Å²) in [4.78, 5) is 10.6. The van der Waals surface area contributed by atoms with Crippen LogP contribution in [0.15, 0.2) is 121 Å². The van der Waals surface area contributed by atoms with Gasteiger partial charge in [0, 0.05) is 78.5 Å². The molecule has 0 N–H and O–H groups in total. The molecular weight excluding hydrogens is 707 g/mol. The molecule has 1 heterocycles. The zero-order valence-corrected chi connectivity index (χ0v) is 29.1. The Hall–Kier alpha value is -1.83. The van der Waals surface area contributed by atoms with Crippen LogP contribution in [0.25, 0.3) is 0 Å². The average Bonchev–Trinajstić information content (AvgIpc) is 3.04. The first kappa shape index (κ1) is 34.1. The maximum absolute atomic E-state index is 3.00. The third-order valence-electron chi connectivity index (χ3n) is 7.93. The van der Waals surface area contributed by atoms with Gasteiger partial charge in [-0.1, -0.05) is 121 Å². The molecule has 232 valence electrons. The van der Waals surface area contributed by atoms with Crippen LogP contribution in [0.4, 0.5) is 0 Å². The molecule has 1 aliphatic rings. The van der Waals surface area contributed by atoms with Crippen LogP contribution in [0.1, 0.15) is 22.3 Å². The Morgan fingerprint density at radius 3 is 0.674 bits per heavy atom. The van der Waals surface area contributed by atoms with Crippen molar-refractivity contribution in [3.8, 4) is 0 Å². The van der Waals surface area contributed by atoms with Crippen LogP contribution in [0.3, 0.4) is 0 Å². The zero-order chi connectivity index (χ0) is 30.0. The second-order valence-corrected chi connectivity index (χ2v) is 16.1. The summed E-state index contributed by atoms with van der Waals surface area (Å²) in [6, 6.07) is 43.9. The molecular formula is C36H44Br2N4Ni. The van der Waals surface area contributed by atoms with Crippen molar-refractivity contribution >= 4 is 28.5 Å². The summed E-state index contributed by atoms with van der Waals surface area (Å²) >= 11 is 6.00. The fourth-order valence-corrected chi connectivity index (χ4v) is 5.58. The van der Waals surface area contributed by atoms with Gasteiger partial charge in [0.25, 0.3) is 0 Å². The molecule has 0 amide bonds. The van der Waals surface area contributed by atoms with E-state index >= 15 is 0 Å². The van der Waals surface area contributed by atoms with E-state index in [4.69, 9.17) is 0 Å². The van der Waals surface area contributed by atoms with E-state index in [9.17, 15) is 0 Å². The van der Waals surface area contributed by atoms with Crippen LogP contribution in [0, 0.1) is 0 Å². The third kappa shape index (κ3) is 13.4. The third-order valence-corrected chi connectivity index (χ3v) is 7.93. The molecule has 1 saturated heterocycles.